The van der Waals surface area contributed by atoms with Crippen molar-refractivity contribution in [3.63, 3.8) is 0 Å². The molecule has 2 aliphatic rings. The van der Waals surface area contributed by atoms with Crippen LogP contribution in [-0.4, -0.2) is 45.9 Å². The molecular weight excluding hydrogens is 373 g/mol. The molecule has 26 heavy (non-hydrogen) atoms. The number of rotatable bonds is 4. The van der Waals surface area contributed by atoms with Crippen molar-refractivity contribution in [2.24, 2.45) is 0 Å². The maximum atomic E-state index is 5.54. The summed E-state index contributed by atoms with van der Waals surface area (Å²) in [6, 6.07) is 4.51. The van der Waals surface area contributed by atoms with E-state index >= 15 is 0 Å². The summed E-state index contributed by atoms with van der Waals surface area (Å²) < 4.78 is 5.54. The molecule has 1 saturated heterocycles. The number of nitrogens with zero attached hydrogens (tertiary/aromatic N) is 4. The quantitative estimate of drug-likeness (QED) is 0.855. The summed E-state index contributed by atoms with van der Waals surface area (Å²) in [5, 5.41) is 11.6. The van der Waals surface area contributed by atoms with Gasteiger partial charge in [0, 0.05) is 44.7 Å². The molecule has 8 heteroatoms. The number of aromatic nitrogens is 3. The fourth-order valence-electron chi connectivity index (χ4n) is 3.54. The highest BCUT2D eigenvalue weighted by Gasteiger charge is 2.27. The SMILES string of the molecule is Cc1ccc(NCc2cncc3c2CCN(C2CCOC2)C3)nn1.Cl.Cl. The summed E-state index contributed by atoms with van der Waals surface area (Å²) in [6.45, 7) is 6.52. The number of aryl methyl sites for hydroxylation is 1. The van der Waals surface area contributed by atoms with Gasteiger partial charge in [-0.05, 0) is 48.6 Å². The third-order valence-corrected chi connectivity index (χ3v) is 4.94. The number of halogens is 2. The summed E-state index contributed by atoms with van der Waals surface area (Å²) in [5.41, 5.74) is 4.97. The van der Waals surface area contributed by atoms with Gasteiger partial charge in [-0.15, -0.1) is 29.9 Å². The normalized spacial score (nSPS) is 19.2. The van der Waals surface area contributed by atoms with Gasteiger partial charge < -0.3 is 10.1 Å². The van der Waals surface area contributed by atoms with Crippen LogP contribution in [0, 0.1) is 6.92 Å². The summed E-state index contributed by atoms with van der Waals surface area (Å²) in [5.74, 6) is 0.804. The van der Waals surface area contributed by atoms with Crippen molar-refractivity contribution in [1.82, 2.24) is 20.1 Å². The van der Waals surface area contributed by atoms with Crippen molar-refractivity contribution in [3.05, 3.63) is 46.9 Å². The fourth-order valence-corrected chi connectivity index (χ4v) is 3.54. The molecule has 0 bridgehead atoms. The fraction of sp³-hybridized carbons (Fsp3) is 0.500. The highest BCUT2D eigenvalue weighted by atomic mass is 35.5. The number of fused-ring (bicyclic) bond motifs is 1. The van der Waals surface area contributed by atoms with Crippen LogP contribution in [0.15, 0.2) is 24.5 Å². The Morgan fingerprint density at radius 2 is 2.12 bits per heavy atom. The van der Waals surface area contributed by atoms with E-state index in [2.05, 4.69) is 25.4 Å². The molecule has 0 aliphatic carbocycles. The van der Waals surface area contributed by atoms with Gasteiger partial charge in [-0.3, -0.25) is 9.88 Å². The summed E-state index contributed by atoms with van der Waals surface area (Å²) in [6.07, 6.45) is 6.22. The second kappa shape index (κ2) is 9.46. The van der Waals surface area contributed by atoms with Crippen LogP contribution in [0.2, 0.25) is 0 Å². The molecule has 2 aromatic rings. The average molecular weight is 398 g/mol. The largest absolute Gasteiger partial charge is 0.380 e. The smallest absolute Gasteiger partial charge is 0.148 e. The van der Waals surface area contributed by atoms with Gasteiger partial charge in [-0.2, -0.15) is 5.10 Å². The number of nitrogens with one attached hydrogen (secondary N) is 1. The molecule has 2 aromatic heterocycles. The van der Waals surface area contributed by atoms with E-state index in [1.165, 1.54) is 16.7 Å². The third-order valence-electron chi connectivity index (χ3n) is 4.94. The Morgan fingerprint density at radius 3 is 2.85 bits per heavy atom. The molecule has 4 rings (SSSR count). The van der Waals surface area contributed by atoms with Crippen LogP contribution in [0.3, 0.4) is 0 Å². The molecule has 6 nitrogen and oxygen atoms in total. The Labute approximate surface area is 166 Å². The van der Waals surface area contributed by atoms with Crippen LogP contribution in [0.25, 0.3) is 0 Å². The Hall–Kier alpha value is -1.47. The molecule has 4 heterocycles. The lowest BCUT2D eigenvalue weighted by molar-refractivity contribution is 0.134. The molecule has 0 radical (unpaired) electrons. The summed E-state index contributed by atoms with van der Waals surface area (Å²) in [7, 11) is 0. The molecule has 1 N–H and O–H groups in total. The Bertz CT molecular complexity index is 707. The van der Waals surface area contributed by atoms with Crippen molar-refractivity contribution in [3.8, 4) is 0 Å². The van der Waals surface area contributed by atoms with Crippen LogP contribution in [0.5, 0.6) is 0 Å². The van der Waals surface area contributed by atoms with Gasteiger partial charge >= 0.3 is 0 Å². The average Bonchev–Trinajstić information content (AvgIpc) is 3.15. The van der Waals surface area contributed by atoms with E-state index < -0.39 is 0 Å². The van der Waals surface area contributed by atoms with Crippen LogP contribution in [0.4, 0.5) is 5.82 Å². The van der Waals surface area contributed by atoms with E-state index in [0.29, 0.717) is 6.04 Å². The monoisotopic (exact) mass is 397 g/mol. The number of hydrogen-bond acceptors (Lipinski definition) is 6. The van der Waals surface area contributed by atoms with Gasteiger partial charge in [0.2, 0.25) is 0 Å². The van der Waals surface area contributed by atoms with Crippen molar-refractivity contribution in [1.29, 1.82) is 0 Å². The number of anilines is 1. The first-order chi connectivity index (χ1) is 11.8. The molecule has 142 valence electrons. The molecular formula is C18H25Cl2N5O. The highest BCUT2D eigenvalue weighted by molar-refractivity contribution is 5.85. The molecule has 1 fully saturated rings. The summed E-state index contributed by atoms with van der Waals surface area (Å²) in [4.78, 5) is 6.99. The molecule has 0 spiro atoms. The lowest BCUT2D eigenvalue weighted by atomic mass is 9.96. The predicted molar refractivity (Wildman–Crippen MR) is 106 cm³/mol. The van der Waals surface area contributed by atoms with Gasteiger partial charge in [0.15, 0.2) is 0 Å². The standard InChI is InChI=1S/C18H23N5O.2ClH/c1-13-2-3-18(22-21-13)20-10-14-8-19-9-15-11-23(6-4-17(14)15)16-5-7-24-12-16;;/h2-3,8-9,16H,4-7,10-12H2,1H3,(H,20,22);2*1H. The molecule has 1 atom stereocenters. The van der Waals surface area contributed by atoms with Crippen molar-refractivity contribution >= 4 is 30.6 Å². The lowest BCUT2D eigenvalue weighted by Crippen LogP contribution is -2.40. The van der Waals surface area contributed by atoms with E-state index in [1.54, 1.807) is 0 Å². The number of hydrogen-bond donors (Lipinski definition) is 1. The highest BCUT2D eigenvalue weighted by Crippen LogP contribution is 2.25. The second-order valence-corrected chi connectivity index (χ2v) is 6.59. The van der Waals surface area contributed by atoms with Gasteiger partial charge in [0.05, 0.1) is 12.3 Å². The van der Waals surface area contributed by atoms with Crippen LogP contribution in [0.1, 0.15) is 28.8 Å². The first-order valence-corrected chi connectivity index (χ1v) is 8.60. The Kier molecular flexibility index (Phi) is 7.58. The summed E-state index contributed by atoms with van der Waals surface area (Å²) >= 11 is 0. The van der Waals surface area contributed by atoms with E-state index in [4.69, 9.17) is 4.74 Å². The molecule has 0 saturated carbocycles. The van der Waals surface area contributed by atoms with Crippen molar-refractivity contribution < 1.29 is 4.74 Å². The molecule has 1 unspecified atom stereocenters. The van der Waals surface area contributed by atoms with Gasteiger partial charge in [-0.1, -0.05) is 0 Å². The van der Waals surface area contributed by atoms with Crippen LogP contribution in [-0.2, 0) is 24.2 Å². The van der Waals surface area contributed by atoms with Crippen molar-refractivity contribution in [2.45, 2.75) is 38.9 Å². The maximum Gasteiger partial charge on any atom is 0.148 e. The van der Waals surface area contributed by atoms with Crippen molar-refractivity contribution in [2.75, 3.05) is 25.1 Å². The van der Waals surface area contributed by atoms with Crippen LogP contribution < -0.4 is 5.32 Å². The topological polar surface area (TPSA) is 63.2 Å². The zero-order chi connectivity index (χ0) is 16.4. The molecule has 0 amide bonds. The zero-order valence-electron chi connectivity index (χ0n) is 14.9. The predicted octanol–water partition coefficient (Wildman–Crippen LogP) is 2.78. The van der Waals surface area contributed by atoms with E-state index in [9.17, 15) is 0 Å². The molecule has 2 aliphatic heterocycles. The number of ether oxygens (including phenoxy) is 1. The lowest BCUT2D eigenvalue weighted by Gasteiger charge is -2.33. The van der Waals surface area contributed by atoms with E-state index in [-0.39, 0.29) is 24.8 Å². The minimum Gasteiger partial charge on any atom is -0.380 e. The zero-order valence-corrected chi connectivity index (χ0v) is 16.5. The first-order valence-electron chi connectivity index (χ1n) is 8.60. The van der Waals surface area contributed by atoms with Gasteiger partial charge in [0.25, 0.3) is 0 Å². The Morgan fingerprint density at radius 1 is 1.23 bits per heavy atom. The van der Waals surface area contributed by atoms with E-state index in [0.717, 1.165) is 57.2 Å². The first kappa shape index (κ1) is 20.8. The number of pyridine rings is 1. The second-order valence-electron chi connectivity index (χ2n) is 6.59. The minimum atomic E-state index is 0. The third kappa shape index (κ3) is 4.62. The van der Waals surface area contributed by atoms with Crippen LogP contribution >= 0.6 is 24.8 Å². The molecule has 0 aromatic carbocycles. The van der Waals surface area contributed by atoms with Gasteiger partial charge in [-0.25, -0.2) is 0 Å². The Balaban J connectivity index is 0.00000121. The minimum absolute atomic E-state index is 0. The van der Waals surface area contributed by atoms with E-state index in [1.807, 2.05) is 31.5 Å². The maximum absolute atomic E-state index is 5.54. The van der Waals surface area contributed by atoms with Gasteiger partial charge in [0.1, 0.15) is 5.82 Å².